The number of hydrogen-bond donors (Lipinski definition) is 0. The summed E-state index contributed by atoms with van der Waals surface area (Å²) in [5.41, 5.74) is 0. The Morgan fingerprint density at radius 3 is 0.871 bits per heavy atom. The third-order valence-electron chi connectivity index (χ3n) is 13.3. The van der Waals surface area contributed by atoms with Crippen molar-refractivity contribution < 1.29 is 28.6 Å². The largest absolute Gasteiger partial charge is 0.462 e. The van der Waals surface area contributed by atoms with Crippen LogP contribution in [-0.2, 0) is 28.6 Å². The average Bonchev–Trinajstić information content (AvgIpc) is 3.36. The van der Waals surface area contributed by atoms with E-state index < -0.39 is 6.10 Å². The molecule has 1 unspecified atom stereocenters. The predicted octanol–water partition coefficient (Wildman–Crippen LogP) is 20.4. The summed E-state index contributed by atoms with van der Waals surface area (Å²) < 4.78 is 16.9. The zero-order chi connectivity index (χ0) is 50.7. The molecule has 0 aliphatic rings. The summed E-state index contributed by atoms with van der Waals surface area (Å²) in [6, 6.07) is 0. The summed E-state index contributed by atoms with van der Waals surface area (Å²) in [6.45, 7) is 6.54. The summed E-state index contributed by atoms with van der Waals surface area (Å²) in [4.78, 5) is 38.2. The number of ether oxygens (including phenoxy) is 3. The summed E-state index contributed by atoms with van der Waals surface area (Å²) >= 11 is 0. The first-order chi connectivity index (χ1) is 34.5. The van der Waals surface area contributed by atoms with Gasteiger partial charge in [-0.15, -0.1) is 0 Å². The van der Waals surface area contributed by atoms with E-state index in [4.69, 9.17) is 14.2 Å². The van der Waals surface area contributed by atoms with Crippen molar-refractivity contribution in [2.75, 3.05) is 13.2 Å². The van der Waals surface area contributed by atoms with Crippen molar-refractivity contribution in [1.82, 2.24) is 0 Å². The van der Waals surface area contributed by atoms with Gasteiger partial charge in [-0.1, -0.05) is 268 Å². The number of hydrogen-bond acceptors (Lipinski definition) is 6. The van der Waals surface area contributed by atoms with Gasteiger partial charge < -0.3 is 14.2 Å². The van der Waals surface area contributed by atoms with Crippen LogP contribution in [-0.4, -0.2) is 37.2 Å². The highest BCUT2D eigenvalue weighted by Gasteiger charge is 2.19. The van der Waals surface area contributed by atoms with Crippen molar-refractivity contribution in [3.05, 3.63) is 60.8 Å². The highest BCUT2D eigenvalue weighted by Crippen LogP contribution is 2.16. The van der Waals surface area contributed by atoms with Crippen molar-refractivity contribution in [2.45, 2.75) is 316 Å². The lowest BCUT2D eigenvalue weighted by Gasteiger charge is -2.18. The fourth-order valence-electron chi connectivity index (χ4n) is 8.72. The van der Waals surface area contributed by atoms with Gasteiger partial charge in [0.05, 0.1) is 0 Å². The van der Waals surface area contributed by atoms with Crippen LogP contribution >= 0.6 is 0 Å². The minimum Gasteiger partial charge on any atom is -0.462 e. The molecule has 0 radical (unpaired) electrons. The lowest BCUT2D eigenvalue weighted by Crippen LogP contribution is -2.30. The van der Waals surface area contributed by atoms with Crippen LogP contribution in [0, 0.1) is 0 Å². The van der Waals surface area contributed by atoms with E-state index in [0.717, 1.165) is 103 Å². The topological polar surface area (TPSA) is 78.9 Å². The average molecular weight is 980 g/mol. The number of unbranched alkanes of at least 4 members (excludes halogenated alkanes) is 34. The summed E-state index contributed by atoms with van der Waals surface area (Å²) in [7, 11) is 0. The number of esters is 3. The van der Waals surface area contributed by atoms with E-state index in [1.807, 2.05) is 0 Å². The van der Waals surface area contributed by atoms with Crippen molar-refractivity contribution in [2.24, 2.45) is 0 Å². The van der Waals surface area contributed by atoms with Crippen molar-refractivity contribution in [1.29, 1.82) is 0 Å². The van der Waals surface area contributed by atoms with Crippen molar-refractivity contribution in [3.63, 3.8) is 0 Å². The number of rotatable bonds is 55. The smallest absolute Gasteiger partial charge is 0.306 e. The van der Waals surface area contributed by atoms with Gasteiger partial charge in [-0.25, -0.2) is 0 Å². The molecule has 0 heterocycles. The molecule has 406 valence electrons. The first-order valence-corrected chi connectivity index (χ1v) is 30.3. The Balaban J connectivity index is 4.35. The number of carbonyl (C=O) groups excluding carboxylic acids is 3. The lowest BCUT2D eigenvalue weighted by molar-refractivity contribution is -0.167. The van der Waals surface area contributed by atoms with Gasteiger partial charge in [-0.3, -0.25) is 14.4 Å². The molecule has 0 aliphatic carbocycles. The SMILES string of the molecule is CC/C=C\C/C=C\C/C=C\CCCCCCCC(=O)OCC(COC(=O)CCCCCCCCCCC/C=C\C/C=C\CCCCCCC)OC(=O)CCCCCCCCCCCCCCCCCC. The molecule has 0 amide bonds. The Morgan fingerprint density at radius 1 is 0.300 bits per heavy atom. The molecule has 1 atom stereocenters. The molecule has 6 nitrogen and oxygen atoms in total. The van der Waals surface area contributed by atoms with Gasteiger partial charge in [-0.05, 0) is 83.5 Å². The van der Waals surface area contributed by atoms with Gasteiger partial charge in [0.25, 0.3) is 0 Å². The van der Waals surface area contributed by atoms with E-state index in [9.17, 15) is 14.4 Å². The standard InChI is InChI=1S/C64H114O6/c1-4-7-10-13-16-19-22-25-28-30-31-32-33-34-37-39-42-45-48-51-54-57-63(66)69-60-61(59-68-62(65)56-53-50-47-44-41-38-35-27-24-21-18-15-12-9-6-3)70-64(67)58-55-52-49-46-43-40-36-29-26-23-20-17-14-11-8-5-2/h9,12,18,21-22,25,27,30-31,35,61H,4-8,10-11,13-17,19-20,23-24,26,28-29,32-34,36-60H2,1-3H3/b12-9-,21-18-,25-22-,31-30-,35-27-. The molecule has 0 saturated heterocycles. The Kier molecular flexibility index (Phi) is 56.3. The van der Waals surface area contributed by atoms with Crippen LogP contribution in [0.2, 0.25) is 0 Å². The highest BCUT2D eigenvalue weighted by molar-refractivity contribution is 5.71. The van der Waals surface area contributed by atoms with E-state index >= 15 is 0 Å². The molecule has 0 bridgehead atoms. The Morgan fingerprint density at radius 2 is 0.557 bits per heavy atom. The first-order valence-electron chi connectivity index (χ1n) is 30.3. The second kappa shape index (κ2) is 58.7. The molecule has 0 aromatic heterocycles. The fraction of sp³-hybridized carbons (Fsp3) is 0.797. The Hall–Kier alpha value is -2.89. The van der Waals surface area contributed by atoms with Crippen molar-refractivity contribution >= 4 is 17.9 Å². The van der Waals surface area contributed by atoms with Crippen LogP contribution in [0.1, 0.15) is 310 Å². The predicted molar refractivity (Wildman–Crippen MR) is 302 cm³/mol. The zero-order valence-electron chi connectivity index (χ0n) is 46.5. The van der Waals surface area contributed by atoms with E-state index in [0.29, 0.717) is 19.3 Å². The fourth-order valence-corrected chi connectivity index (χ4v) is 8.72. The second-order valence-electron chi connectivity index (χ2n) is 20.2. The molecule has 0 rings (SSSR count). The second-order valence-corrected chi connectivity index (χ2v) is 20.2. The van der Waals surface area contributed by atoms with Crippen LogP contribution in [0.3, 0.4) is 0 Å². The summed E-state index contributed by atoms with van der Waals surface area (Å²) in [5.74, 6) is -0.885. The van der Waals surface area contributed by atoms with Crippen LogP contribution < -0.4 is 0 Å². The molecule has 0 N–H and O–H groups in total. The van der Waals surface area contributed by atoms with E-state index in [2.05, 4.69) is 81.5 Å². The summed E-state index contributed by atoms with van der Waals surface area (Å²) in [6.07, 6.45) is 73.6. The molecule has 0 aromatic carbocycles. The molecular formula is C64H114O6. The molecular weight excluding hydrogens is 865 g/mol. The zero-order valence-corrected chi connectivity index (χ0v) is 46.5. The van der Waals surface area contributed by atoms with E-state index in [1.165, 1.54) is 167 Å². The van der Waals surface area contributed by atoms with Gasteiger partial charge in [-0.2, -0.15) is 0 Å². The minimum atomic E-state index is -0.782. The molecule has 0 spiro atoms. The Labute approximate surface area is 434 Å². The monoisotopic (exact) mass is 979 g/mol. The number of carbonyl (C=O) groups is 3. The first kappa shape index (κ1) is 67.1. The van der Waals surface area contributed by atoms with Crippen LogP contribution in [0.25, 0.3) is 0 Å². The molecule has 6 heteroatoms. The minimum absolute atomic E-state index is 0.0794. The lowest BCUT2D eigenvalue weighted by atomic mass is 10.0. The highest BCUT2D eigenvalue weighted by atomic mass is 16.6. The van der Waals surface area contributed by atoms with Gasteiger partial charge >= 0.3 is 17.9 Å². The van der Waals surface area contributed by atoms with Gasteiger partial charge in [0.15, 0.2) is 6.10 Å². The van der Waals surface area contributed by atoms with Gasteiger partial charge in [0.2, 0.25) is 0 Å². The maximum absolute atomic E-state index is 12.9. The third kappa shape index (κ3) is 56.0. The van der Waals surface area contributed by atoms with Gasteiger partial charge in [0.1, 0.15) is 13.2 Å². The molecule has 70 heavy (non-hydrogen) atoms. The molecule has 0 fully saturated rings. The molecule has 0 aromatic rings. The van der Waals surface area contributed by atoms with Crippen molar-refractivity contribution in [3.8, 4) is 0 Å². The van der Waals surface area contributed by atoms with Gasteiger partial charge in [0, 0.05) is 19.3 Å². The quantitative estimate of drug-likeness (QED) is 0.0261. The van der Waals surface area contributed by atoms with E-state index in [1.54, 1.807) is 0 Å². The van der Waals surface area contributed by atoms with Crippen LogP contribution in [0.5, 0.6) is 0 Å². The molecule has 0 aliphatic heterocycles. The summed E-state index contributed by atoms with van der Waals surface area (Å²) in [5, 5.41) is 0. The molecule has 0 saturated carbocycles. The normalized spacial score (nSPS) is 12.4. The number of allylic oxidation sites excluding steroid dienone is 10. The van der Waals surface area contributed by atoms with Crippen LogP contribution in [0.15, 0.2) is 60.8 Å². The maximum atomic E-state index is 12.9. The maximum Gasteiger partial charge on any atom is 0.306 e. The van der Waals surface area contributed by atoms with E-state index in [-0.39, 0.29) is 31.1 Å². The third-order valence-corrected chi connectivity index (χ3v) is 13.3. The van der Waals surface area contributed by atoms with Crippen LogP contribution in [0.4, 0.5) is 0 Å². The Bertz CT molecular complexity index is 1260.